The molecule has 2 heterocycles. The monoisotopic (exact) mass is 372 g/mol. The van der Waals surface area contributed by atoms with Gasteiger partial charge >= 0.3 is 0 Å². The molecule has 1 aliphatic rings. The third-order valence-corrected chi connectivity index (χ3v) is 5.54. The molecule has 0 saturated heterocycles. The van der Waals surface area contributed by atoms with E-state index in [2.05, 4.69) is 43.2 Å². The molecule has 1 aliphatic carbocycles. The smallest absolute Gasteiger partial charge is 0.222 e. The SMILES string of the molecule is COCCC(=O)NCC1CCC(c2ccnc3cc(C(C)(C)C)nn23)CC1. The molecule has 2 aromatic heterocycles. The summed E-state index contributed by atoms with van der Waals surface area (Å²) in [5, 5.41) is 7.90. The summed E-state index contributed by atoms with van der Waals surface area (Å²) in [7, 11) is 1.62. The highest BCUT2D eigenvalue weighted by Gasteiger charge is 2.26. The summed E-state index contributed by atoms with van der Waals surface area (Å²) < 4.78 is 6.99. The van der Waals surface area contributed by atoms with Crippen LogP contribution < -0.4 is 5.32 Å². The molecule has 0 spiro atoms. The van der Waals surface area contributed by atoms with Crippen molar-refractivity contribution in [1.82, 2.24) is 19.9 Å². The molecule has 3 rings (SSSR count). The van der Waals surface area contributed by atoms with Crippen LogP contribution >= 0.6 is 0 Å². The van der Waals surface area contributed by atoms with E-state index in [4.69, 9.17) is 9.84 Å². The lowest BCUT2D eigenvalue weighted by Crippen LogP contribution is -2.31. The molecule has 148 valence electrons. The van der Waals surface area contributed by atoms with Gasteiger partial charge in [0, 0.05) is 49.4 Å². The average Bonchev–Trinajstić information content (AvgIpc) is 3.10. The minimum absolute atomic E-state index is 0.0175. The number of carbonyl (C=O) groups is 1. The minimum Gasteiger partial charge on any atom is -0.384 e. The first-order chi connectivity index (χ1) is 12.9. The van der Waals surface area contributed by atoms with Crippen LogP contribution in [0.4, 0.5) is 0 Å². The molecular weight excluding hydrogens is 340 g/mol. The molecule has 1 fully saturated rings. The molecule has 2 aromatic rings. The maximum absolute atomic E-state index is 11.8. The minimum atomic E-state index is 0.0175. The zero-order chi connectivity index (χ0) is 19.4. The number of rotatable bonds is 6. The van der Waals surface area contributed by atoms with Crippen molar-refractivity contribution in [3.05, 3.63) is 29.7 Å². The van der Waals surface area contributed by atoms with Gasteiger partial charge in [-0.25, -0.2) is 9.50 Å². The lowest BCUT2D eigenvalue weighted by atomic mass is 9.80. The molecule has 0 radical (unpaired) electrons. The van der Waals surface area contributed by atoms with E-state index in [1.807, 2.05) is 10.7 Å². The molecule has 6 heteroatoms. The van der Waals surface area contributed by atoms with E-state index in [-0.39, 0.29) is 11.3 Å². The maximum atomic E-state index is 11.8. The van der Waals surface area contributed by atoms with Crippen LogP contribution in [0.5, 0.6) is 0 Å². The third-order valence-electron chi connectivity index (χ3n) is 5.54. The van der Waals surface area contributed by atoms with Crippen molar-refractivity contribution in [2.24, 2.45) is 5.92 Å². The molecule has 0 unspecified atom stereocenters. The van der Waals surface area contributed by atoms with E-state index < -0.39 is 0 Å². The largest absolute Gasteiger partial charge is 0.384 e. The van der Waals surface area contributed by atoms with Gasteiger partial charge in [-0.1, -0.05) is 20.8 Å². The Labute approximate surface area is 161 Å². The number of ether oxygens (including phenoxy) is 1. The molecule has 0 aromatic carbocycles. The Hall–Kier alpha value is -1.95. The summed E-state index contributed by atoms with van der Waals surface area (Å²) in [4.78, 5) is 16.3. The van der Waals surface area contributed by atoms with Crippen molar-refractivity contribution >= 4 is 11.6 Å². The summed E-state index contributed by atoms with van der Waals surface area (Å²) in [6.45, 7) is 7.80. The van der Waals surface area contributed by atoms with Crippen LogP contribution in [0.3, 0.4) is 0 Å². The average molecular weight is 373 g/mol. The fourth-order valence-electron chi connectivity index (χ4n) is 3.79. The fourth-order valence-corrected chi connectivity index (χ4v) is 3.79. The first-order valence-electron chi connectivity index (χ1n) is 9.99. The Morgan fingerprint density at radius 1 is 1.30 bits per heavy atom. The molecule has 27 heavy (non-hydrogen) atoms. The number of hydrogen-bond donors (Lipinski definition) is 1. The van der Waals surface area contributed by atoms with Crippen molar-refractivity contribution in [3.8, 4) is 0 Å². The van der Waals surface area contributed by atoms with Crippen LogP contribution in [0.15, 0.2) is 18.3 Å². The highest BCUT2D eigenvalue weighted by Crippen LogP contribution is 2.35. The first-order valence-corrected chi connectivity index (χ1v) is 9.99. The van der Waals surface area contributed by atoms with Gasteiger partial charge in [0.05, 0.1) is 12.3 Å². The summed E-state index contributed by atoms with van der Waals surface area (Å²) in [6.07, 6.45) is 6.86. The van der Waals surface area contributed by atoms with Gasteiger partial charge in [-0.3, -0.25) is 4.79 Å². The van der Waals surface area contributed by atoms with Gasteiger partial charge in [0.2, 0.25) is 5.91 Å². The quantitative estimate of drug-likeness (QED) is 0.843. The number of aromatic nitrogens is 3. The van der Waals surface area contributed by atoms with Crippen LogP contribution in [0.1, 0.15) is 70.2 Å². The van der Waals surface area contributed by atoms with E-state index in [0.29, 0.717) is 24.9 Å². The predicted molar refractivity (Wildman–Crippen MR) is 106 cm³/mol. The van der Waals surface area contributed by atoms with Crippen molar-refractivity contribution in [2.45, 2.75) is 64.2 Å². The number of nitrogens with one attached hydrogen (secondary N) is 1. The van der Waals surface area contributed by atoms with E-state index >= 15 is 0 Å². The lowest BCUT2D eigenvalue weighted by molar-refractivity contribution is -0.122. The zero-order valence-electron chi connectivity index (χ0n) is 17.0. The number of amides is 1. The van der Waals surface area contributed by atoms with Gasteiger partial charge in [0.25, 0.3) is 0 Å². The number of hydrogen-bond acceptors (Lipinski definition) is 4. The van der Waals surface area contributed by atoms with Crippen LogP contribution in [0, 0.1) is 5.92 Å². The van der Waals surface area contributed by atoms with Gasteiger partial charge in [0.15, 0.2) is 5.65 Å². The van der Waals surface area contributed by atoms with Crippen LogP contribution in [0.25, 0.3) is 5.65 Å². The van der Waals surface area contributed by atoms with Gasteiger partial charge in [-0.15, -0.1) is 0 Å². The fraction of sp³-hybridized carbons (Fsp3) is 0.667. The highest BCUT2D eigenvalue weighted by molar-refractivity contribution is 5.75. The topological polar surface area (TPSA) is 68.5 Å². The Bertz CT molecular complexity index is 770. The van der Waals surface area contributed by atoms with E-state index in [9.17, 15) is 4.79 Å². The van der Waals surface area contributed by atoms with Crippen molar-refractivity contribution < 1.29 is 9.53 Å². The Morgan fingerprint density at radius 3 is 2.70 bits per heavy atom. The van der Waals surface area contributed by atoms with Crippen molar-refractivity contribution in [3.63, 3.8) is 0 Å². The Kier molecular flexibility index (Phi) is 6.15. The third kappa shape index (κ3) is 4.86. The first kappa shape index (κ1) is 19.8. The van der Waals surface area contributed by atoms with E-state index in [1.54, 1.807) is 7.11 Å². The highest BCUT2D eigenvalue weighted by atomic mass is 16.5. The standard InChI is InChI=1S/C21H32N4O2/c1-21(2,3)18-13-19-22-11-9-17(25(19)24-18)16-7-5-15(6-8-16)14-23-20(26)10-12-27-4/h9,11,13,15-16H,5-8,10,12,14H2,1-4H3,(H,23,26). The summed E-state index contributed by atoms with van der Waals surface area (Å²) in [5.74, 6) is 1.15. The number of nitrogens with zero attached hydrogens (tertiary/aromatic N) is 3. The Balaban J connectivity index is 1.61. The number of methoxy groups -OCH3 is 1. The van der Waals surface area contributed by atoms with Crippen molar-refractivity contribution in [2.75, 3.05) is 20.3 Å². The number of fused-ring (bicyclic) bond motifs is 1. The van der Waals surface area contributed by atoms with Crippen LogP contribution in [-0.2, 0) is 14.9 Å². The molecular formula is C21H32N4O2. The number of carbonyl (C=O) groups excluding carboxylic acids is 1. The van der Waals surface area contributed by atoms with Crippen LogP contribution in [-0.4, -0.2) is 40.8 Å². The molecule has 0 aliphatic heterocycles. The maximum Gasteiger partial charge on any atom is 0.222 e. The summed E-state index contributed by atoms with van der Waals surface area (Å²) in [5.41, 5.74) is 3.29. The summed E-state index contributed by atoms with van der Waals surface area (Å²) >= 11 is 0. The summed E-state index contributed by atoms with van der Waals surface area (Å²) in [6, 6.07) is 4.22. The van der Waals surface area contributed by atoms with Crippen LogP contribution in [0.2, 0.25) is 0 Å². The van der Waals surface area contributed by atoms with E-state index in [0.717, 1.165) is 43.6 Å². The zero-order valence-corrected chi connectivity index (χ0v) is 17.0. The van der Waals surface area contributed by atoms with Gasteiger partial charge in [0.1, 0.15) is 0 Å². The molecule has 1 N–H and O–H groups in total. The van der Waals surface area contributed by atoms with Crippen molar-refractivity contribution in [1.29, 1.82) is 0 Å². The molecule has 1 amide bonds. The van der Waals surface area contributed by atoms with E-state index in [1.165, 1.54) is 5.69 Å². The normalized spacial score (nSPS) is 20.7. The second-order valence-corrected chi connectivity index (χ2v) is 8.68. The predicted octanol–water partition coefficient (Wildman–Crippen LogP) is 3.45. The molecule has 0 atom stereocenters. The molecule has 1 saturated carbocycles. The molecule has 6 nitrogen and oxygen atoms in total. The second-order valence-electron chi connectivity index (χ2n) is 8.68. The van der Waals surface area contributed by atoms with Gasteiger partial charge < -0.3 is 10.1 Å². The van der Waals surface area contributed by atoms with Gasteiger partial charge in [-0.05, 0) is 37.7 Å². The molecule has 0 bridgehead atoms. The lowest BCUT2D eigenvalue weighted by Gasteiger charge is -2.29. The second kappa shape index (κ2) is 8.38. The Morgan fingerprint density at radius 2 is 2.04 bits per heavy atom. The van der Waals surface area contributed by atoms with Gasteiger partial charge in [-0.2, -0.15) is 5.10 Å².